The number of hydrogen-bond donors (Lipinski definition) is 1. The first-order valence-electron chi connectivity index (χ1n) is 11.3. The van der Waals surface area contributed by atoms with Crippen LogP contribution in [0.25, 0.3) is 22.2 Å². The number of aromatic nitrogens is 2. The largest absolute Gasteiger partial charge is 0.421 e. The van der Waals surface area contributed by atoms with Crippen LogP contribution in [-0.2, 0) is 0 Å². The average Bonchev–Trinajstić information content (AvgIpc) is 2.85. The molecule has 2 aromatic heterocycles. The smallest absolute Gasteiger partial charge is 0.349 e. The van der Waals surface area contributed by atoms with E-state index in [0.29, 0.717) is 21.1 Å². The Morgan fingerprint density at radius 1 is 1.03 bits per heavy atom. The number of hydrogen-bond acceptors (Lipinski definition) is 6. The summed E-state index contributed by atoms with van der Waals surface area (Å²) in [5, 5.41) is 12.2. The predicted molar refractivity (Wildman–Crippen MR) is 144 cm³/mol. The average molecular weight is 598 g/mol. The van der Waals surface area contributed by atoms with Crippen molar-refractivity contribution in [3.63, 3.8) is 0 Å². The number of rotatable bonds is 4. The van der Waals surface area contributed by atoms with E-state index in [-0.39, 0.29) is 5.56 Å². The third-order valence-corrected chi connectivity index (χ3v) is 7.24. The van der Waals surface area contributed by atoms with Crippen molar-refractivity contribution in [1.82, 2.24) is 10.2 Å². The number of carbonyl (C=O) groups is 1. The van der Waals surface area contributed by atoms with Gasteiger partial charge in [-0.2, -0.15) is 0 Å². The molecule has 35 heavy (non-hydrogen) atoms. The third-order valence-electron chi connectivity index (χ3n) is 6.19. The van der Waals surface area contributed by atoms with Crippen molar-refractivity contribution in [2.45, 2.75) is 19.8 Å². The maximum Gasteiger partial charge on any atom is 0.349 e. The molecule has 9 heteroatoms. The van der Waals surface area contributed by atoms with Gasteiger partial charge in [0.05, 0.1) is 10.2 Å². The number of amides is 1. The molecule has 4 aromatic rings. The van der Waals surface area contributed by atoms with E-state index in [9.17, 15) is 9.59 Å². The highest BCUT2D eigenvalue weighted by Crippen LogP contribution is 2.28. The maximum absolute atomic E-state index is 12.8. The lowest BCUT2D eigenvalue weighted by molar-refractivity contribution is 0.102. The van der Waals surface area contributed by atoms with Crippen molar-refractivity contribution < 1.29 is 9.21 Å². The van der Waals surface area contributed by atoms with Gasteiger partial charge in [-0.05, 0) is 77.2 Å². The molecule has 5 rings (SSSR count). The summed E-state index contributed by atoms with van der Waals surface area (Å²) < 4.78 is 6.80. The highest BCUT2D eigenvalue weighted by atomic mass is 79.9. The monoisotopic (exact) mass is 596 g/mol. The summed E-state index contributed by atoms with van der Waals surface area (Å²) in [5.41, 5.74) is 1.81. The highest BCUT2D eigenvalue weighted by molar-refractivity contribution is 9.11. The molecule has 7 nitrogen and oxygen atoms in total. The van der Waals surface area contributed by atoms with Gasteiger partial charge in [-0.3, -0.25) is 4.79 Å². The second-order valence-corrected chi connectivity index (χ2v) is 10.5. The van der Waals surface area contributed by atoms with Gasteiger partial charge in [0.2, 0.25) is 0 Å². The normalized spacial score (nSPS) is 14.3. The maximum atomic E-state index is 12.8. The molecule has 1 aliphatic rings. The number of halogens is 2. The Hall–Kier alpha value is -3.04. The van der Waals surface area contributed by atoms with E-state index < -0.39 is 11.5 Å². The molecule has 0 atom stereocenters. The molecule has 0 spiro atoms. The number of nitrogens with one attached hydrogen (secondary N) is 1. The van der Waals surface area contributed by atoms with Crippen molar-refractivity contribution in [3.05, 3.63) is 79.5 Å². The van der Waals surface area contributed by atoms with E-state index in [0.717, 1.165) is 40.6 Å². The van der Waals surface area contributed by atoms with Gasteiger partial charge in [-0.15, -0.1) is 10.2 Å². The topological polar surface area (TPSA) is 88.3 Å². The van der Waals surface area contributed by atoms with Gasteiger partial charge >= 0.3 is 5.63 Å². The zero-order valence-electron chi connectivity index (χ0n) is 18.9. The fourth-order valence-electron chi connectivity index (χ4n) is 4.12. The zero-order valence-corrected chi connectivity index (χ0v) is 22.1. The standard InChI is InChI=1S/C26H22Br2N4O3/c1-15-8-10-32(11-9-15)23-7-6-22(30-31-23)16-2-4-19(5-3-16)29-25(33)20-13-17-12-18(27)14-21(28)24(17)35-26(20)34/h2-7,12-15H,8-11H2,1H3,(H,29,33). The van der Waals surface area contributed by atoms with Crippen molar-refractivity contribution in [1.29, 1.82) is 0 Å². The number of fused-ring (bicyclic) bond motifs is 1. The molecular formula is C26H22Br2N4O3. The Labute approximate surface area is 218 Å². The molecule has 178 valence electrons. The first kappa shape index (κ1) is 23.7. The number of piperidine rings is 1. The summed E-state index contributed by atoms with van der Waals surface area (Å²) in [6.45, 7) is 4.30. The molecular weight excluding hydrogens is 576 g/mol. The minimum atomic E-state index is -0.701. The molecule has 1 saturated heterocycles. The van der Waals surface area contributed by atoms with E-state index in [1.54, 1.807) is 24.3 Å². The SMILES string of the molecule is CC1CCN(c2ccc(-c3ccc(NC(=O)c4cc5cc(Br)cc(Br)c5oc4=O)cc3)nn2)CC1. The van der Waals surface area contributed by atoms with Crippen molar-refractivity contribution >= 4 is 60.2 Å². The highest BCUT2D eigenvalue weighted by Gasteiger charge is 2.18. The van der Waals surface area contributed by atoms with Gasteiger partial charge in [0, 0.05) is 34.2 Å². The van der Waals surface area contributed by atoms with E-state index in [4.69, 9.17) is 4.42 Å². The predicted octanol–water partition coefficient (Wildman–Crippen LogP) is 6.26. The molecule has 0 aliphatic carbocycles. The second-order valence-electron chi connectivity index (χ2n) is 8.73. The van der Waals surface area contributed by atoms with Crippen molar-refractivity contribution in [2.75, 3.05) is 23.3 Å². The Bertz CT molecular complexity index is 1440. The Kier molecular flexibility index (Phi) is 6.71. The van der Waals surface area contributed by atoms with Gasteiger partial charge in [0.15, 0.2) is 11.4 Å². The molecule has 1 aliphatic heterocycles. The van der Waals surface area contributed by atoms with Gasteiger partial charge in [-0.25, -0.2) is 4.79 Å². The van der Waals surface area contributed by atoms with Crippen LogP contribution in [0, 0.1) is 5.92 Å². The van der Waals surface area contributed by atoms with Crippen LogP contribution in [0.4, 0.5) is 11.5 Å². The minimum absolute atomic E-state index is 0.0693. The molecule has 0 unspecified atom stereocenters. The summed E-state index contributed by atoms with van der Waals surface area (Å²) in [4.78, 5) is 27.5. The molecule has 0 bridgehead atoms. The first-order valence-corrected chi connectivity index (χ1v) is 12.9. The molecule has 2 aromatic carbocycles. The van der Waals surface area contributed by atoms with Crippen LogP contribution in [-0.4, -0.2) is 29.2 Å². The summed E-state index contributed by atoms with van der Waals surface area (Å²) in [6, 6.07) is 16.3. The van der Waals surface area contributed by atoms with Gasteiger partial charge < -0.3 is 14.6 Å². The van der Waals surface area contributed by atoms with Crippen molar-refractivity contribution in [2.24, 2.45) is 5.92 Å². The van der Waals surface area contributed by atoms with Crippen LogP contribution in [0.2, 0.25) is 0 Å². The van der Waals surface area contributed by atoms with E-state index in [1.165, 1.54) is 18.9 Å². The quantitative estimate of drug-likeness (QED) is 0.279. The minimum Gasteiger partial charge on any atom is -0.421 e. The zero-order chi connectivity index (χ0) is 24.5. The third kappa shape index (κ3) is 5.16. The Balaban J connectivity index is 1.30. The molecule has 3 heterocycles. The lowest BCUT2D eigenvalue weighted by Crippen LogP contribution is -2.33. The number of nitrogens with zero attached hydrogens (tertiary/aromatic N) is 3. The van der Waals surface area contributed by atoms with Crippen LogP contribution in [0.15, 0.2) is 72.8 Å². The van der Waals surface area contributed by atoms with Gasteiger partial charge in [0.1, 0.15) is 5.56 Å². The van der Waals surface area contributed by atoms with E-state index in [2.05, 4.69) is 59.2 Å². The summed E-state index contributed by atoms with van der Waals surface area (Å²) in [7, 11) is 0. The molecule has 1 amide bonds. The molecule has 1 N–H and O–H groups in total. The van der Waals surface area contributed by atoms with Crippen LogP contribution < -0.4 is 15.8 Å². The lowest BCUT2D eigenvalue weighted by Gasteiger charge is -2.30. The van der Waals surface area contributed by atoms with Crippen LogP contribution >= 0.6 is 31.9 Å². The van der Waals surface area contributed by atoms with Crippen molar-refractivity contribution in [3.8, 4) is 11.3 Å². The molecule has 0 saturated carbocycles. The number of anilines is 2. The number of benzene rings is 2. The van der Waals surface area contributed by atoms with Crippen LogP contribution in [0.3, 0.4) is 0 Å². The fourth-order valence-corrected chi connectivity index (χ4v) is 5.46. The molecule has 1 fully saturated rings. The lowest BCUT2D eigenvalue weighted by atomic mass is 9.99. The Morgan fingerprint density at radius 3 is 2.46 bits per heavy atom. The van der Waals surface area contributed by atoms with E-state index >= 15 is 0 Å². The number of carbonyl (C=O) groups excluding carboxylic acids is 1. The summed E-state index contributed by atoms with van der Waals surface area (Å²) in [6.07, 6.45) is 2.35. The summed E-state index contributed by atoms with van der Waals surface area (Å²) >= 11 is 6.78. The van der Waals surface area contributed by atoms with Crippen LogP contribution in [0.1, 0.15) is 30.1 Å². The summed E-state index contributed by atoms with van der Waals surface area (Å²) in [5.74, 6) is 1.12. The molecule has 0 radical (unpaired) electrons. The second kappa shape index (κ2) is 9.91. The first-order chi connectivity index (χ1) is 16.9. The Morgan fingerprint density at radius 2 is 1.77 bits per heavy atom. The fraction of sp³-hybridized carbons (Fsp3) is 0.231. The van der Waals surface area contributed by atoms with Gasteiger partial charge in [-0.1, -0.05) is 35.0 Å². The van der Waals surface area contributed by atoms with Gasteiger partial charge in [0.25, 0.3) is 5.91 Å². The van der Waals surface area contributed by atoms with Crippen LogP contribution in [0.5, 0.6) is 0 Å². The van der Waals surface area contributed by atoms with E-state index in [1.807, 2.05) is 24.3 Å².